The van der Waals surface area contributed by atoms with Crippen molar-refractivity contribution < 1.29 is 9.47 Å². The minimum absolute atomic E-state index is 0.225. The molecule has 0 bridgehead atoms. The molecule has 1 aromatic rings. The van der Waals surface area contributed by atoms with E-state index in [9.17, 15) is 0 Å². The summed E-state index contributed by atoms with van der Waals surface area (Å²) in [5.41, 5.74) is 3.15. The highest BCUT2D eigenvalue weighted by atomic mass is 16.5. The molecule has 0 radical (unpaired) electrons. The molecule has 0 spiro atoms. The molecule has 0 atom stereocenters. The van der Waals surface area contributed by atoms with Gasteiger partial charge in [-0.05, 0) is 48.6 Å². The zero-order valence-electron chi connectivity index (χ0n) is 16.0. The van der Waals surface area contributed by atoms with Crippen LogP contribution in [0.5, 0.6) is 11.5 Å². The fraction of sp³-hybridized carbons (Fsp3) is 0.727. The molecular weight excluding hydrogens is 296 g/mol. The summed E-state index contributed by atoms with van der Waals surface area (Å²) in [4.78, 5) is 0. The predicted octanol–water partition coefficient (Wildman–Crippen LogP) is 6.15. The summed E-state index contributed by atoms with van der Waals surface area (Å²) in [5, 5.41) is 0. The molecular formula is C22H34O2. The standard InChI is InChI=1S/C22H34O2/c1-21(11-7-5-8-12-21)17-15-20(24-4)18(16-19(17)23-3)22(2)13-9-6-10-14-22/h15-16H,5-14H2,1-4H3. The van der Waals surface area contributed by atoms with Crippen LogP contribution in [0.25, 0.3) is 0 Å². The van der Waals surface area contributed by atoms with E-state index in [-0.39, 0.29) is 10.8 Å². The number of ether oxygens (including phenoxy) is 2. The summed E-state index contributed by atoms with van der Waals surface area (Å²) >= 11 is 0. The summed E-state index contributed by atoms with van der Waals surface area (Å²) in [6.07, 6.45) is 13.0. The molecule has 134 valence electrons. The lowest BCUT2D eigenvalue weighted by Gasteiger charge is -2.38. The van der Waals surface area contributed by atoms with Crippen molar-refractivity contribution >= 4 is 0 Å². The van der Waals surface area contributed by atoms with E-state index in [0.29, 0.717) is 0 Å². The minimum Gasteiger partial charge on any atom is -0.496 e. The number of rotatable bonds is 4. The van der Waals surface area contributed by atoms with Crippen LogP contribution in [0.15, 0.2) is 12.1 Å². The van der Waals surface area contributed by atoms with Gasteiger partial charge in [0, 0.05) is 11.1 Å². The van der Waals surface area contributed by atoms with Crippen molar-refractivity contribution in [2.24, 2.45) is 0 Å². The highest BCUT2D eigenvalue weighted by Gasteiger charge is 2.36. The molecule has 0 aromatic heterocycles. The first-order valence-electron chi connectivity index (χ1n) is 9.79. The Morgan fingerprint density at radius 3 is 1.25 bits per heavy atom. The number of hydrogen-bond donors (Lipinski definition) is 0. The summed E-state index contributed by atoms with van der Waals surface area (Å²) < 4.78 is 11.8. The first kappa shape index (κ1) is 17.6. The highest BCUT2D eigenvalue weighted by molar-refractivity contribution is 5.52. The van der Waals surface area contributed by atoms with Gasteiger partial charge in [0.15, 0.2) is 0 Å². The van der Waals surface area contributed by atoms with Crippen molar-refractivity contribution in [3.8, 4) is 11.5 Å². The van der Waals surface area contributed by atoms with Gasteiger partial charge in [-0.15, -0.1) is 0 Å². The number of benzene rings is 1. The van der Waals surface area contributed by atoms with Crippen molar-refractivity contribution in [1.82, 2.24) is 0 Å². The third-order valence-electron chi connectivity index (χ3n) is 6.74. The van der Waals surface area contributed by atoms with E-state index >= 15 is 0 Å². The Morgan fingerprint density at radius 1 is 0.625 bits per heavy atom. The Kier molecular flexibility index (Phi) is 5.13. The maximum atomic E-state index is 5.88. The molecule has 2 fully saturated rings. The minimum atomic E-state index is 0.225. The van der Waals surface area contributed by atoms with Gasteiger partial charge in [0.2, 0.25) is 0 Å². The van der Waals surface area contributed by atoms with Crippen molar-refractivity contribution in [3.05, 3.63) is 23.3 Å². The SMILES string of the molecule is COc1cc(C2(C)CCCCC2)c(OC)cc1C1(C)CCCCC1. The molecule has 2 aliphatic rings. The van der Waals surface area contributed by atoms with E-state index < -0.39 is 0 Å². The van der Waals surface area contributed by atoms with Crippen LogP contribution in [-0.4, -0.2) is 14.2 Å². The monoisotopic (exact) mass is 330 g/mol. The zero-order valence-corrected chi connectivity index (χ0v) is 16.0. The van der Waals surface area contributed by atoms with E-state index in [1.807, 2.05) is 14.2 Å². The largest absolute Gasteiger partial charge is 0.496 e. The van der Waals surface area contributed by atoms with Gasteiger partial charge in [0.05, 0.1) is 14.2 Å². The van der Waals surface area contributed by atoms with Gasteiger partial charge >= 0.3 is 0 Å². The Labute approximate surface area is 147 Å². The van der Waals surface area contributed by atoms with Crippen molar-refractivity contribution in [2.45, 2.75) is 88.9 Å². The van der Waals surface area contributed by atoms with Crippen molar-refractivity contribution in [1.29, 1.82) is 0 Å². The molecule has 2 nitrogen and oxygen atoms in total. The first-order chi connectivity index (χ1) is 11.5. The van der Waals surface area contributed by atoms with Crippen molar-refractivity contribution in [2.75, 3.05) is 14.2 Å². The topological polar surface area (TPSA) is 18.5 Å². The Balaban J connectivity index is 2.06. The third-order valence-corrected chi connectivity index (χ3v) is 6.74. The lowest BCUT2D eigenvalue weighted by Crippen LogP contribution is -2.28. The van der Waals surface area contributed by atoms with E-state index in [1.54, 1.807) is 0 Å². The van der Waals surface area contributed by atoms with Gasteiger partial charge in [0.25, 0.3) is 0 Å². The molecule has 1 aromatic carbocycles. The average molecular weight is 331 g/mol. The summed E-state index contributed by atoms with van der Waals surface area (Å²) in [6.45, 7) is 4.82. The molecule has 2 saturated carbocycles. The van der Waals surface area contributed by atoms with E-state index in [4.69, 9.17) is 9.47 Å². The number of hydrogen-bond acceptors (Lipinski definition) is 2. The lowest BCUT2D eigenvalue weighted by atomic mass is 9.67. The Hall–Kier alpha value is -1.18. The average Bonchev–Trinajstić information content (AvgIpc) is 2.61. The molecule has 2 heteroatoms. The van der Waals surface area contributed by atoms with Gasteiger partial charge in [-0.1, -0.05) is 52.4 Å². The second kappa shape index (κ2) is 6.98. The van der Waals surface area contributed by atoms with E-state index in [0.717, 1.165) is 11.5 Å². The molecule has 0 N–H and O–H groups in total. The molecule has 24 heavy (non-hydrogen) atoms. The normalized spacial score (nSPS) is 22.8. The first-order valence-corrected chi connectivity index (χ1v) is 9.79. The van der Waals surface area contributed by atoms with Crippen LogP contribution in [-0.2, 0) is 10.8 Å². The zero-order chi connectivity index (χ0) is 17.2. The van der Waals surface area contributed by atoms with Gasteiger partial charge in [0.1, 0.15) is 11.5 Å². The molecule has 0 amide bonds. The van der Waals surface area contributed by atoms with Crippen molar-refractivity contribution in [3.63, 3.8) is 0 Å². The molecule has 2 aliphatic carbocycles. The van der Waals surface area contributed by atoms with Crippen LogP contribution in [0.4, 0.5) is 0 Å². The quantitative estimate of drug-likeness (QED) is 0.659. The summed E-state index contributed by atoms with van der Waals surface area (Å²) in [7, 11) is 3.65. The fourth-order valence-corrected chi connectivity index (χ4v) is 5.04. The fourth-order valence-electron chi connectivity index (χ4n) is 5.04. The van der Waals surface area contributed by atoms with Gasteiger partial charge < -0.3 is 9.47 Å². The summed E-state index contributed by atoms with van der Waals surface area (Å²) in [6, 6.07) is 4.61. The third kappa shape index (κ3) is 3.17. The van der Waals surface area contributed by atoms with Gasteiger partial charge in [-0.25, -0.2) is 0 Å². The van der Waals surface area contributed by atoms with Crippen LogP contribution in [0.1, 0.15) is 89.2 Å². The van der Waals surface area contributed by atoms with Crippen LogP contribution in [0.3, 0.4) is 0 Å². The molecule has 0 heterocycles. The van der Waals surface area contributed by atoms with Gasteiger partial charge in [-0.2, -0.15) is 0 Å². The summed E-state index contributed by atoms with van der Waals surface area (Å²) in [5.74, 6) is 2.14. The smallest absolute Gasteiger partial charge is 0.123 e. The lowest BCUT2D eigenvalue weighted by molar-refractivity contribution is 0.290. The van der Waals surface area contributed by atoms with E-state index in [1.165, 1.54) is 75.3 Å². The Morgan fingerprint density at radius 2 is 0.958 bits per heavy atom. The molecule has 0 unspecified atom stereocenters. The maximum Gasteiger partial charge on any atom is 0.123 e. The highest BCUT2D eigenvalue weighted by Crippen LogP contribution is 2.49. The van der Waals surface area contributed by atoms with Crippen LogP contribution >= 0.6 is 0 Å². The van der Waals surface area contributed by atoms with Crippen LogP contribution in [0.2, 0.25) is 0 Å². The molecule has 3 rings (SSSR count). The maximum absolute atomic E-state index is 5.88. The Bertz CT molecular complexity index is 512. The second-order valence-electron chi connectivity index (χ2n) is 8.50. The van der Waals surface area contributed by atoms with Crippen LogP contribution in [0, 0.1) is 0 Å². The molecule has 0 aliphatic heterocycles. The molecule has 0 saturated heterocycles. The predicted molar refractivity (Wildman–Crippen MR) is 100 cm³/mol. The van der Waals surface area contributed by atoms with E-state index in [2.05, 4.69) is 26.0 Å². The second-order valence-corrected chi connectivity index (χ2v) is 8.50. The van der Waals surface area contributed by atoms with Crippen LogP contribution < -0.4 is 9.47 Å². The van der Waals surface area contributed by atoms with Gasteiger partial charge in [-0.3, -0.25) is 0 Å². The number of methoxy groups -OCH3 is 2.